The van der Waals surface area contributed by atoms with Crippen molar-refractivity contribution in [2.75, 3.05) is 18.8 Å². The molecule has 0 radical (unpaired) electrons. The molecule has 1 atom stereocenters. The number of thioether (sulfide) groups is 1. The summed E-state index contributed by atoms with van der Waals surface area (Å²) in [6.07, 6.45) is 2.33. The van der Waals surface area contributed by atoms with E-state index in [9.17, 15) is 4.39 Å². The molecule has 1 nitrogen and oxygen atoms in total. The summed E-state index contributed by atoms with van der Waals surface area (Å²) in [6.45, 7) is 2.31. The Kier molecular flexibility index (Phi) is 4.03. The Morgan fingerprint density at radius 2 is 2.13 bits per heavy atom. The number of hydrogen-bond acceptors (Lipinski definition) is 2. The first-order valence-electron chi connectivity index (χ1n) is 5.41. The maximum Gasteiger partial charge on any atom is 0.123 e. The van der Waals surface area contributed by atoms with Gasteiger partial charge in [-0.2, -0.15) is 11.8 Å². The number of rotatable bonds is 4. The lowest BCUT2D eigenvalue weighted by Crippen LogP contribution is -2.10. The molecule has 1 N–H and O–H groups in total. The third kappa shape index (κ3) is 3.50. The molecular weight excluding hydrogens is 209 g/mol. The smallest absolute Gasteiger partial charge is 0.123 e. The molecule has 0 amide bonds. The first-order chi connectivity index (χ1) is 7.34. The fraction of sp³-hybridized carbons (Fsp3) is 0.500. The summed E-state index contributed by atoms with van der Waals surface area (Å²) in [5.74, 6) is 0.990. The van der Waals surface area contributed by atoms with Crippen molar-refractivity contribution < 1.29 is 4.39 Å². The Labute approximate surface area is 94.5 Å². The van der Waals surface area contributed by atoms with Gasteiger partial charge in [-0.1, -0.05) is 12.1 Å². The lowest BCUT2D eigenvalue weighted by atomic mass is 10.2. The summed E-state index contributed by atoms with van der Waals surface area (Å²) in [4.78, 5) is 0. The predicted octanol–water partition coefficient (Wildman–Crippen LogP) is 2.46. The van der Waals surface area contributed by atoms with E-state index < -0.39 is 0 Å². The molecule has 1 aromatic rings. The quantitative estimate of drug-likeness (QED) is 0.845. The molecule has 2 rings (SSSR count). The number of benzene rings is 1. The highest BCUT2D eigenvalue weighted by Crippen LogP contribution is 2.18. The van der Waals surface area contributed by atoms with Gasteiger partial charge in [-0.3, -0.25) is 0 Å². The molecule has 1 aromatic carbocycles. The molecule has 1 heterocycles. The van der Waals surface area contributed by atoms with Gasteiger partial charge in [0.05, 0.1) is 0 Å². The molecule has 1 unspecified atom stereocenters. The average Bonchev–Trinajstić information content (AvgIpc) is 2.74. The second-order valence-corrected chi connectivity index (χ2v) is 5.27. The van der Waals surface area contributed by atoms with E-state index in [1.807, 2.05) is 23.9 Å². The van der Waals surface area contributed by atoms with Crippen LogP contribution in [0, 0.1) is 5.82 Å². The molecule has 0 bridgehead atoms. The second kappa shape index (κ2) is 5.52. The Morgan fingerprint density at radius 3 is 2.80 bits per heavy atom. The first-order valence-corrected chi connectivity index (χ1v) is 6.46. The molecule has 0 aliphatic carbocycles. The minimum Gasteiger partial charge on any atom is -0.316 e. The maximum absolute atomic E-state index is 12.6. The van der Waals surface area contributed by atoms with Crippen LogP contribution in [-0.4, -0.2) is 24.1 Å². The third-order valence-electron chi connectivity index (χ3n) is 2.67. The van der Waals surface area contributed by atoms with Crippen LogP contribution in [0.2, 0.25) is 0 Å². The van der Waals surface area contributed by atoms with Gasteiger partial charge in [0.25, 0.3) is 0 Å². The van der Waals surface area contributed by atoms with E-state index in [-0.39, 0.29) is 5.82 Å². The zero-order valence-corrected chi connectivity index (χ0v) is 9.52. The topological polar surface area (TPSA) is 12.0 Å². The molecule has 3 heteroatoms. The lowest BCUT2D eigenvalue weighted by molar-refractivity contribution is 0.627. The number of hydrogen-bond donors (Lipinski definition) is 1. The van der Waals surface area contributed by atoms with Crippen LogP contribution in [0.3, 0.4) is 0 Å². The van der Waals surface area contributed by atoms with E-state index in [0.29, 0.717) is 0 Å². The molecule has 1 aliphatic rings. The SMILES string of the molecule is Fc1ccc(CCSC2CCNC2)cc1. The normalized spacial score (nSPS) is 20.7. The highest BCUT2D eigenvalue weighted by Gasteiger charge is 2.13. The third-order valence-corrected chi connectivity index (χ3v) is 3.99. The summed E-state index contributed by atoms with van der Waals surface area (Å²) in [5, 5.41) is 4.14. The van der Waals surface area contributed by atoms with Crippen molar-refractivity contribution in [1.29, 1.82) is 0 Å². The van der Waals surface area contributed by atoms with Gasteiger partial charge in [0, 0.05) is 11.8 Å². The van der Waals surface area contributed by atoms with Crippen LogP contribution in [0.25, 0.3) is 0 Å². The van der Waals surface area contributed by atoms with Crippen molar-refractivity contribution in [3.63, 3.8) is 0 Å². The number of nitrogens with one attached hydrogen (secondary N) is 1. The Hall–Kier alpha value is -0.540. The summed E-state index contributed by atoms with van der Waals surface area (Å²) in [5.41, 5.74) is 1.23. The van der Waals surface area contributed by atoms with Crippen LogP contribution in [0.4, 0.5) is 4.39 Å². The Balaban J connectivity index is 1.71. The predicted molar refractivity (Wildman–Crippen MR) is 63.8 cm³/mol. The number of halogens is 1. The van der Waals surface area contributed by atoms with E-state index in [1.165, 1.54) is 24.1 Å². The van der Waals surface area contributed by atoms with E-state index in [4.69, 9.17) is 0 Å². The van der Waals surface area contributed by atoms with Crippen LogP contribution in [-0.2, 0) is 6.42 Å². The monoisotopic (exact) mass is 225 g/mol. The highest BCUT2D eigenvalue weighted by molar-refractivity contribution is 7.99. The molecule has 82 valence electrons. The second-order valence-electron chi connectivity index (χ2n) is 3.86. The van der Waals surface area contributed by atoms with Gasteiger partial charge in [-0.15, -0.1) is 0 Å². The average molecular weight is 225 g/mol. The zero-order valence-electron chi connectivity index (χ0n) is 8.71. The Bertz CT molecular complexity index is 293. The fourth-order valence-corrected chi connectivity index (χ4v) is 2.97. The lowest BCUT2D eigenvalue weighted by Gasteiger charge is -2.07. The van der Waals surface area contributed by atoms with Crippen LogP contribution in [0.15, 0.2) is 24.3 Å². The van der Waals surface area contributed by atoms with Gasteiger partial charge in [-0.25, -0.2) is 4.39 Å². The van der Waals surface area contributed by atoms with Crippen molar-refractivity contribution in [1.82, 2.24) is 5.32 Å². The van der Waals surface area contributed by atoms with Gasteiger partial charge in [-0.05, 0) is 42.8 Å². The van der Waals surface area contributed by atoms with Crippen molar-refractivity contribution >= 4 is 11.8 Å². The van der Waals surface area contributed by atoms with Gasteiger partial charge in [0.2, 0.25) is 0 Å². The molecule has 1 aliphatic heterocycles. The molecule has 0 spiro atoms. The van der Waals surface area contributed by atoms with Crippen molar-refractivity contribution in [3.05, 3.63) is 35.6 Å². The van der Waals surface area contributed by atoms with E-state index in [0.717, 1.165) is 30.5 Å². The minimum atomic E-state index is -0.147. The molecule has 0 saturated carbocycles. The molecule has 1 saturated heterocycles. The van der Waals surface area contributed by atoms with Crippen molar-refractivity contribution in [3.8, 4) is 0 Å². The van der Waals surface area contributed by atoms with Crippen LogP contribution in [0.1, 0.15) is 12.0 Å². The van der Waals surface area contributed by atoms with E-state index >= 15 is 0 Å². The minimum absolute atomic E-state index is 0.147. The van der Waals surface area contributed by atoms with E-state index in [1.54, 1.807) is 0 Å². The van der Waals surface area contributed by atoms with Gasteiger partial charge < -0.3 is 5.32 Å². The van der Waals surface area contributed by atoms with Gasteiger partial charge >= 0.3 is 0 Å². The van der Waals surface area contributed by atoms with E-state index in [2.05, 4.69) is 5.32 Å². The first kappa shape index (κ1) is 11.0. The largest absolute Gasteiger partial charge is 0.316 e. The summed E-state index contributed by atoms with van der Waals surface area (Å²) < 4.78 is 12.6. The van der Waals surface area contributed by atoms with Crippen molar-refractivity contribution in [2.24, 2.45) is 0 Å². The molecule has 15 heavy (non-hydrogen) atoms. The molecule has 1 fully saturated rings. The summed E-state index contributed by atoms with van der Waals surface area (Å²) in [7, 11) is 0. The standard InChI is InChI=1S/C12H16FNS/c13-11-3-1-10(2-4-11)6-8-15-12-5-7-14-9-12/h1-4,12,14H,5-9H2. The fourth-order valence-electron chi connectivity index (χ4n) is 1.76. The highest BCUT2D eigenvalue weighted by atomic mass is 32.2. The van der Waals surface area contributed by atoms with Crippen molar-refractivity contribution in [2.45, 2.75) is 18.1 Å². The maximum atomic E-state index is 12.6. The van der Waals surface area contributed by atoms with Gasteiger partial charge in [0.15, 0.2) is 0 Å². The van der Waals surface area contributed by atoms with Crippen LogP contribution in [0.5, 0.6) is 0 Å². The zero-order chi connectivity index (χ0) is 10.5. The molecular formula is C12H16FNS. The number of aryl methyl sites for hydroxylation is 1. The Morgan fingerprint density at radius 1 is 1.33 bits per heavy atom. The molecule has 0 aromatic heterocycles. The van der Waals surface area contributed by atoms with Crippen LogP contribution >= 0.6 is 11.8 Å². The van der Waals surface area contributed by atoms with Crippen LogP contribution < -0.4 is 5.32 Å². The van der Waals surface area contributed by atoms with Gasteiger partial charge in [0.1, 0.15) is 5.82 Å². The summed E-state index contributed by atoms with van der Waals surface area (Å²) in [6, 6.07) is 6.83. The summed E-state index contributed by atoms with van der Waals surface area (Å²) >= 11 is 2.03.